The molecule has 3 N–H and O–H groups in total. The third-order valence-corrected chi connectivity index (χ3v) is 7.80. The molecule has 208 valence electrons. The predicted molar refractivity (Wildman–Crippen MR) is 154 cm³/mol. The standard InChI is InChI=1S/C27H27N5O6S2/c1-17(21-13-10-19(37-2)14-24(21)38-3)30-31-25(33)16-39-27-29-23-7-5-4-6-22(23)26(34)32(27)15-18-8-11-20(12-9-18)40(28,35)36/h4-14H,15-16H2,1-3H3,(H,31,33)(H2,28,35,36)/b30-17+. The summed E-state index contributed by atoms with van der Waals surface area (Å²) in [5.74, 6) is 0.711. The van der Waals surface area contributed by atoms with Gasteiger partial charge in [-0.05, 0) is 48.9 Å². The average molecular weight is 582 g/mol. The molecule has 0 fully saturated rings. The highest BCUT2D eigenvalue weighted by atomic mass is 32.2. The van der Waals surface area contributed by atoms with Crippen molar-refractivity contribution in [1.82, 2.24) is 15.0 Å². The van der Waals surface area contributed by atoms with Gasteiger partial charge in [0.1, 0.15) is 11.5 Å². The van der Waals surface area contributed by atoms with Crippen LogP contribution in [0.1, 0.15) is 18.1 Å². The number of aromatic nitrogens is 2. The van der Waals surface area contributed by atoms with Crippen LogP contribution in [0.25, 0.3) is 10.9 Å². The monoisotopic (exact) mass is 581 g/mol. The van der Waals surface area contributed by atoms with E-state index in [0.717, 1.165) is 11.8 Å². The SMILES string of the molecule is COc1ccc(/C(C)=N/NC(=O)CSc2nc3ccccc3c(=O)n2Cc2ccc(S(N)(=O)=O)cc2)c(OC)c1. The maximum atomic E-state index is 13.4. The summed E-state index contributed by atoms with van der Waals surface area (Å²) in [4.78, 5) is 30.6. The lowest BCUT2D eigenvalue weighted by atomic mass is 10.1. The molecule has 1 heterocycles. The topological polar surface area (TPSA) is 155 Å². The number of hydrazone groups is 1. The molecule has 0 spiro atoms. The third kappa shape index (κ3) is 6.68. The van der Waals surface area contributed by atoms with E-state index in [-0.39, 0.29) is 22.8 Å². The molecular formula is C27H27N5O6S2. The Morgan fingerprint density at radius 2 is 1.80 bits per heavy atom. The van der Waals surface area contributed by atoms with Gasteiger partial charge in [0.25, 0.3) is 11.5 Å². The molecule has 40 heavy (non-hydrogen) atoms. The zero-order valence-corrected chi connectivity index (χ0v) is 23.6. The van der Waals surface area contributed by atoms with Crippen LogP contribution in [0.3, 0.4) is 0 Å². The van der Waals surface area contributed by atoms with Gasteiger partial charge >= 0.3 is 0 Å². The highest BCUT2D eigenvalue weighted by Gasteiger charge is 2.15. The number of nitrogens with one attached hydrogen (secondary N) is 1. The Hall–Kier alpha value is -4.20. The number of thioether (sulfide) groups is 1. The summed E-state index contributed by atoms with van der Waals surface area (Å²) in [5, 5.41) is 10.1. The molecule has 0 aliphatic heterocycles. The molecule has 0 aliphatic rings. The summed E-state index contributed by atoms with van der Waals surface area (Å²) < 4.78 is 35.2. The molecule has 0 unspecified atom stereocenters. The van der Waals surface area contributed by atoms with Crippen molar-refractivity contribution in [2.75, 3.05) is 20.0 Å². The van der Waals surface area contributed by atoms with Crippen LogP contribution >= 0.6 is 11.8 Å². The van der Waals surface area contributed by atoms with Gasteiger partial charge in [-0.25, -0.2) is 24.0 Å². The molecule has 0 bridgehead atoms. The van der Waals surface area contributed by atoms with E-state index in [4.69, 9.17) is 14.6 Å². The fourth-order valence-electron chi connectivity index (χ4n) is 3.83. The average Bonchev–Trinajstić information content (AvgIpc) is 2.95. The number of nitrogens with two attached hydrogens (primary N) is 1. The molecule has 1 amide bonds. The van der Waals surface area contributed by atoms with E-state index in [1.807, 2.05) is 0 Å². The summed E-state index contributed by atoms with van der Waals surface area (Å²) in [6.45, 7) is 1.85. The van der Waals surface area contributed by atoms with Gasteiger partial charge in [-0.15, -0.1) is 0 Å². The number of hydrogen-bond donors (Lipinski definition) is 2. The Labute approximate surface area is 235 Å². The molecule has 1 aromatic heterocycles. The van der Waals surface area contributed by atoms with Gasteiger partial charge in [-0.1, -0.05) is 36.0 Å². The first-order valence-corrected chi connectivity index (χ1v) is 14.4. The van der Waals surface area contributed by atoms with E-state index < -0.39 is 15.9 Å². The van der Waals surface area contributed by atoms with E-state index in [1.54, 1.807) is 68.6 Å². The first-order valence-electron chi connectivity index (χ1n) is 11.9. The fraction of sp³-hybridized carbons (Fsp3) is 0.185. The summed E-state index contributed by atoms with van der Waals surface area (Å²) in [7, 11) is -0.755. The van der Waals surface area contributed by atoms with Crippen molar-refractivity contribution in [3.63, 3.8) is 0 Å². The number of amides is 1. The smallest absolute Gasteiger partial charge is 0.262 e. The molecular weight excluding hydrogens is 554 g/mol. The van der Waals surface area contributed by atoms with Gasteiger partial charge in [0.05, 0.1) is 48.0 Å². The maximum Gasteiger partial charge on any atom is 0.262 e. The predicted octanol–water partition coefficient (Wildman–Crippen LogP) is 2.74. The number of rotatable bonds is 10. The molecule has 0 atom stereocenters. The molecule has 4 rings (SSSR count). The number of benzene rings is 3. The van der Waals surface area contributed by atoms with Crippen molar-refractivity contribution >= 4 is 44.3 Å². The Morgan fingerprint density at radius 1 is 1.07 bits per heavy atom. The zero-order chi connectivity index (χ0) is 28.9. The molecule has 11 nitrogen and oxygen atoms in total. The number of ether oxygens (including phenoxy) is 2. The van der Waals surface area contributed by atoms with Gasteiger partial charge in [0.15, 0.2) is 5.16 Å². The lowest BCUT2D eigenvalue weighted by molar-refractivity contribution is -0.118. The molecule has 0 radical (unpaired) electrons. The second kappa shape index (κ2) is 12.3. The number of sulfonamides is 1. The van der Waals surface area contributed by atoms with Crippen LogP contribution in [0, 0.1) is 0 Å². The molecule has 0 saturated carbocycles. The van der Waals surface area contributed by atoms with Crippen molar-refractivity contribution in [3.05, 3.63) is 88.2 Å². The van der Waals surface area contributed by atoms with Crippen LogP contribution < -0.4 is 25.6 Å². The van der Waals surface area contributed by atoms with Gasteiger partial charge in [0.2, 0.25) is 10.0 Å². The summed E-state index contributed by atoms with van der Waals surface area (Å²) in [5.41, 5.74) is 4.62. The van der Waals surface area contributed by atoms with Crippen molar-refractivity contribution in [1.29, 1.82) is 0 Å². The number of carbonyl (C=O) groups excluding carboxylic acids is 1. The van der Waals surface area contributed by atoms with Gasteiger partial charge in [0, 0.05) is 11.6 Å². The van der Waals surface area contributed by atoms with Crippen molar-refractivity contribution in [2.45, 2.75) is 23.5 Å². The fourth-order valence-corrected chi connectivity index (χ4v) is 5.14. The number of nitrogens with zero attached hydrogens (tertiary/aromatic N) is 3. The lowest BCUT2D eigenvalue weighted by Crippen LogP contribution is -2.26. The lowest BCUT2D eigenvalue weighted by Gasteiger charge is -2.13. The van der Waals surface area contributed by atoms with Crippen LogP contribution in [-0.2, 0) is 21.4 Å². The summed E-state index contributed by atoms with van der Waals surface area (Å²) in [6, 6.07) is 18.1. The Morgan fingerprint density at radius 3 is 2.48 bits per heavy atom. The first-order chi connectivity index (χ1) is 19.1. The van der Waals surface area contributed by atoms with Gasteiger partial charge in [-0.2, -0.15) is 5.10 Å². The third-order valence-electron chi connectivity index (χ3n) is 5.90. The van der Waals surface area contributed by atoms with Crippen molar-refractivity contribution in [2.24, 2.45) is 10.2 Å². The summed E-state index contributed by atoms with van der Waals surface area (Å²) >= 11 is 1.08. The number of carbonyl (C=O) groups is 1. The number of hydrogen-bond acceptors (Lipinski definition) is 9. The van der Waals surface area contributed by atoms with Crippen LogP contribution in [0.2, 0.25) is 0 Å². The minimum atomic E-state index is -3.85. The molecule has 3 aromatic carbocycles. The van der Waals surface area contributed by atoms with E-state index in [1.165, 1.54) is 23.8 Å². The highest BCUT2D eigenvalue weighted by Crippen LogP contribution is 2.25. The minimum absolute atomic E-state index is 0.0328. The van der Waals surface area contributed by atoms with Gasteiger partial charge < -0.3 is 9.47 Å². The normalized spacial score (nSPS) is 11.8. The summed E-state index contributed by atoms with van der Waals surface area (Å²) in [6.07, 6.45) is 0. The molecule has 0 saturated heterocycles. The van der Waals surface area contributed by atoms with Crippen molar-refractivity contribution < 1.29 is 22.7 Å². The Balaban J connectivity index is 1.55. The Bertz CT molecular complexity index is 1750. The second-order valence-electron chi connectivity index (χ2n) is 8.58. The van der Waals surface area contributed by atoms with E-state index in [2.05, 4.69) is 15.5 Å². The quantitative estimate of drug-likeness (QED) is 0.125. The van der Waals surface area contributed by atoms with Crippen LogP contribution in [0.5, 0.6) is 11.5 Å². The number of methoxy groups -OCH3 is 2. The molecule has 0 aliphatic carbocycles. The number of para-hydroxylation sites is 1. The number of primary sulfonamides is 1. The van der Waals surface area contributed by atoms with Crippen molar-refractivity contribution in [3.8, 4) is 11.5 Å². The van der Waals surface area contributed by atoms with E-state index in [9.17, 15) is 18.0 Å². The van der Waals surface area contributed by atoms with Crippen LogP contribution in [-0.4, -0.2) is 49.6 Å². The van der Waals surface area contributed by atoms with Gasteiger partial charge in [-0.3, -0.25) is 14.2 Å². The number of fused-ring (bicyclic) bond motifs is 1. The molecule has 4 aromatic rings. The second-order valence-corrected chi connectivity index (χ2v) is 11.1. The zero-order valence-electron chi connectivity index (χ0n) is 22.0. The Kier molecular flexibility index (Phi) is 8.87. The first kappa shape index (κ1) is 28.8. The van der Waals surface area contributed by atoms with Crippen LogP contribution in [0.15, 0.2) is 86.7 Å². The molecule has 13 heteroatoms. The van der Waals surface area contributed by atoms with Crippen LogP contribution in [0.4, 0.5) is 0 Å². The highest BCUT2D eigenvalue weighted by molar-refractivity contribution is 7.99. The largest absolute Gasteiger partial charge is 0.497 e. The maximum absolute atomic E-state index is 13.4. The van der Waals surface area contributed by atoms with E-state index in [0.29, 0.717) is 44.4 Å². The minimum Gasteiger partial charge on any atom is -0.497 e. The van der Waals surface area contributed by atoms with E-state index >= 15 is 0 Å².